The van der Waals surface area contributed by atoms with Gasteiger partial charge in [-0.2, -0.15) is 0 Å². The molecule has 120 valence electrons. The van der Waals surface area contributed by atoms with Gasteiger partial charge in [0.15, 0.2) is 0 Å². The van der Waals surface area contributed by atoms with E-state index in [0.29, 0.717) is 25.4 Å². The molecule has 0 unspecified atom stereocenters. The molecule has 1 aromatic carbocycles. The summed E-state index contributed by atoms with van der Waals surface area (Å²) in [6, 6.07) is 11.8. The van der Waals surface area contributed by atoms with E-state index in [1.165, 1.54) is 29.7 Å². The van der Waals surface area contributed by atoms with E-state index in [1.54, 1.807) is 0 Å². The Morgan fingerprint density at radius 1 is 1.09 bits per heavy atom. The van der Waals surface area contributed by atoms with Crippen LogP contribution in [0.5, 0.6) is 0 Å². The molecule has 0 radical (unpaired) electrons. The Hall–Kier alpha value is -2.14. The van der Waals surface area contributed by atoms with Gasteiger partial charge in [0.25, 0.3) is 5.91 Å². The molecule has 1 fully saturated rings. The fourth-order valence-electron chi connectivity index (χ4n) is 2.47. The fraction of sp³-hybridized carbons (Fsp3) is 0.333. The number of benzene rings is 1. The van der Waals surface area contributed by atoms with Crippen molar-refractivity contribution in [2.45, 2.75) is 31.7 Å². The predicted octanol–water partition coefficient (Wildman–Crippen LogP) is 3.06. The van der Waals surface area contributed by atoms with Crippen LogP contribution in [0.3, 0.4) is 0 Å². The fourth-order valence-corrected chi connectivity index (χ4v) is 3.37. The minimum Gasteiger partial charge on any atom is -0.352 e. The van der Waals surface area contributed by atoms with E-state index >= 15 is 0 Å². The van der Waals surface area contributed by atoms with Crippen LogP contribution in [0.1, 0.15) is 46.0 Å². The molecule has 2 aromatic rings. The van der Waals surface area contributed by atoms with Gasteiger partial charge < -0.3 is 10.6 Å². The molecule has 0 bridgehead atoms. The molecule has 5 heteroatoms. The summed E-state index contributed by atoms with van der Waals surface area (Å²) < 4.78 is 0. The molecule has 1 aliphatic rings. The molecular weight excluding hydrogens is 308 g/mol. The van der Waals surface area contributed by atoms with Crippen LogP contribution >= 0.6 is 11.3 Å². The summed E-state index contributed by atoms with van der Waals surface area (Å²) in [5.74, 6) is 0.455. The molecule has 1 saturated carbocycles. The Balaban J connectivity index is 1.39. The highest BCUT2D eigenvalue weighted by molar-refractivity contribution is 7.12. The second kappa shape index (κ2) is 7.42. The summed E-state index contributed by atoms with van der Waals surface area (Å²) in [5, 5.41) is 7.67. The lowest BCUT2D eigenvalue weighted by atomic mass is 10.1. The zero-order valence-electron chi connectivity index (χ0n) is 12.9. The molecule has 2 N–H and O–H groups in total. The van der Waals surface area contributed by atoms with E-state index in [4.69, 9.17) is 0 Å². The zero-order chi connectivity index (χ0) is 16.1. The maximum Gasteiger partial charge on any atom is 0.261 e. The van der Waals surface area contributed by atoms with Crippen molar-refractivity contribution in [1.29, 1.82) is 0 Å². The van der Waals surface area contributed by atoms with Crippen molar-refractivity contribution in [3.63, 3.8) is 0 Å². The monoisotopic (exact) mass is 328 g/mol. The number of hydrogen-bond donors (Lipinski definition) is 2. The van der Waals surface area contributed by atoms with Gasteiger partial charge in [-0.1, -0.05) is 30.3 Å². The van der Waals surface area contributed by atoms with Crippen molar-refractivity contribution in [2.24, 2.45) is 0 Å². The SMILES string of the molecule is O=C(CCNC(=O)c1sccc1C1CC1)NCc1ccccc1. The molecule has 0 aliphatic heterocycles. The first-order valence-electron chi connectivity index (χ1n) is 7.90. The van der Waals surface area contributed by atoms with Crippen molar-refractivity contribution in [3.05, 3.63) is 57.8 Å². The minimum absolute atomic E-state index is 0.0530. The topological polar surface area (TPSA) is 58.2 Å². The van der Waals surface area contributed by atoms with Gasteiger partial charge in [0.05, 0.1) is 4.88 Å². The number of amides is 2. The van der Waals surface area contributed by atoms with Crippen LogP contribution in [0, 0.1) is 0 Å². The van der Waals surface area contributed by atoms with Crippen LogP contribution in [0.25, 0.3) is 0 Å². The summed E-state index contributed by atoms with van der Waals surface area (Å²) in [5.41, 5.74) is 2.23. The Bertz CT molecular complexity index is 677. The van der Waals surface area contributed by atoms with E-state index in [2.05, 4.69) is 10.6 Å². The lowest BCUT2D eigenvalue weighted by Crippen LogP contribution is -2.30. The Morgan fingerprint density at radius 3 is 2.61 bits per heavy atom. The Kier molecular flexibility index (Phi) is 5.08. The van der Waals surface area contributed by atoms with Crippen molar-refractivity contribution < 1.29 is 9.59 Å². The third-order valence-corrected chi connectivity index (χ3v) is 4.82. The Morgan fingerprint density at radius 2 is 1.87 bits per heavy atom. The van der Waals surface area contributed by atoms with Gasteiger partial charge in [-0.3, -0.25) is 9.59 Å². The van der Waals surface area contributed by atoms with Crippen LogP contribution in [0.4, 0.5) is 0 Å². The van der Waals surface area contributed by atoms with Gasteiger partial charge in [-0.15, -0.1) is 11.3 Å². The molecule has 1 aliphatic carbocycles. The number of hydrogen-bond acceptors (Lipinski definition) is 3. The van der Waals surface area contributed by atoms with Crippen LogP contribution in [-0.2, 0) is 11.3 Å². The smallest absolute Gasteiger partial charge is 0.261 e. The average molecular weight is 328 g/mol. The third kappa shape index (κ3) is 4.42. The average Bonchev–Trinajstić information content (AvgIpc) is 3.30. The summed E-state index contributed by atoms with van der Waals surface area (Å²) in [6.45, 7) is 0.881. The van der Waals surface area contributed by atoms with Gasteiger partial charge in [-0.05, 0) is 41.3 Å². The lowest BCUT2D eigenvalue weighted by molar-refractivity contribution is -0.121. The second-order valence-electron chi connectivity index (χ2n) is 5.75. The number of thiophene rings is 1. The minimum atomic E-state index is -0.0576. The van der Waals surface area contributed by atoms with Crippen LogP contribution in [0.15, 0.2) is 41.8 Å². The number of carbonyl (C=O) groups excluding carboxylic acids is 2. The van der Waals surface area contributed by atoms with Crippen LogP contribution in [-0.4, -0.2) is 18.4 Å². The molecule has 1 heterocycles. The molecule has 3 rings (SSSR count). The number of nitrogens with one attached hydrogen (secondary N) is 2. The highest BCUT2D eigenvalue weighted by atomic mass is 32.1. The van der Waals surface area contributed by atoms with E-state index in [1.807, 2.05) is 41.8 Å². The van der Waals surface area contributed by atoms with Crippen LogP contribution in [0.2, 0.25) is 0 Å². The summed E-state index contributed by atoms with van der Waals surface area (Å²) in [6.07, 6.45) is 2.65. The van der Waals surface area contributed by atoms with Crippen molar-refractivity contribution in [3.8, 4) is 0 Å². The highest BCUT2D eigenvalue weighted by Crippen LogP contribution is 2.43. The van der Waals surface area contributed by atoms with E-state index in [-0.39, 0.29) is 11.8 Å². The molecule has 0 atom stereocenters. The van der Waals surface area contributed by atoms with E-state index < -0.39 is 0 Å². The first-order chi connectivity index (χ1) is 11.2. The summed E-state index contributed by atoms with van der Waals surface area (Å²) in [4.78, 5) is 24.8. The van der Waals surface area contributed by atoms with E-state index in [0.717, 1.165) is 10.4 Å². The standard InChI is InChI=1S/C18H20N2O2S/c21-16(20-12-13-4-2-1-3-5-13)8-10-19-18(22)17-15(9-11-23-17)14-6-7-14/h1-5,9,11,14H,6-8,10,12H2,(H,19,22)(H,20,21). The summed E-state index contributed by atoms with van der Waals surface area (Å²) in [7, 11) is 0. The first kappa shape index (κ1) is 15.7. The van der Waals surface area contributed by atoms with Gasteiger partial charge in [0, 0.05) is 19.5 Å². The number of rotatable bonds is 7. The molecule has 4 nitrogen and oxygen atoms in total. The largest absolute Gasteiger partial charge is 0.352 e. The first-order valence-corrected chi connectivity index (χ1v) is 8.78. The quantitative estimate of drug-likeness (QED) is 0.821. The second-order valence-corrected chi connectivity index (χ2v) is 6.66. The lowest BCUT2D eigenvalue weighted by Gasteiger charge is -2.07. The molecule has 1 aromatic heterocycles. The van der Waals surface area contributed by atoms with Crippen LogP contribution < -0.4 is 10.6 Å². The van der Waals surface area contributed by atoms with Gasteiger partial charge in [0.1, 0.15) is 0 Å². The number of carbonyl (C=O) groups is 2. The van der Waals surface area contributed by atoms with Gasteiger partial charge >= 0.3 is 0 Å². The highest BCUT2D eigenvalue weighted by Gasteiger charge is 2.28. The normalized spacial score (nSPS) is 13.6. The molecule has 0 saturated heterocycles. The zero-order valence-corrected chi connectivity index (χ0v) is 13.7. The molecule has 2 amide bonds. The maximum absolute atomic E-state index is 12.2. The van der Waals surface area contributed by atoms with Gasteiger partial charge in [-0.25, -0.2) is 0 Å². The third-order valence-electron chi connectivity index (χ3n) is 3.89. The van der Waals surface area contributed by atoms with E-state index in [9.17, 15) is 9.59 Å². The maximum atomic E-state index is 12.2. The van der Waals surface area contributed by atoms with Crippen molar-refractivity contribution >= 4 is 23.2 Å². The van der Waals surface area contributed by atoms with Gasteiger partial charge in [0.2, 0.25) is 5.91 Å². The summed E-state index contributed by atoms with van der Waals surface area (Å²) >= 11 is 1.48. The van der Waals surface area contributed by atoms with Crippen molar-refractivity contribution in [1.82, 2.24) is 10.6 Å². The molecular formula is C18H20N2O2S. The Labute approximate surface area is 139 Å². The van der Waals surface area contributed by atoms with Crippen molar-refractivity contribution in [2.75, 3.05) is 6.54 Å². The molecule has 0 spiro atoms. The molecule has 23 heavy (non-hydrogen) atoms. The predicted molar refractivity (Wildman–Crippen MR) is 91.5 cm³/mol.